The number of aromatic nitrogens is 3. The zero-order valence-corrected chi connectivity index (χ0v) is 11.8. The van der Waals surface area contributed by atoms with Crippen molar-refractivity contribution in [2.24, 2.45) is 0 Å². The van der Waals surface area contributed by atoms with Crippen LogP contribution in [-0.2, 0) is 12.3 Å². The predicted octanol–water partition coefficient (Wildman–Crippen LogP) is 3.62. The minimum Gasteiger partial charge on any atom is -0.247 e. The van der Waals surface area contributed by atoms with Gasteiger partial charge in [-0.05, 0) is 11.1 Å². The van der Waals surface area contributed by atoms with Gasteiger partial charge in [0.25, 0.3) is 0 Å². The van der Waals surface area contributed by atoms with Crippen LogP contribution in [0.25, 0.3) is 0 Å². The molecule has 0 radical (unpaired) electrons. The number of rotatable bonds is 5. The topological polar surface area (TPSA) is 30.7 Å². The molecule has 0 aliphatic rings. The standard InChI is InChI=1S/C16H15N3S/c1-3-7-14(8-4-1)11-19-13-17-16(18-19)20-12-15-9-5-2-6-10-15/h1-10,13H,11-12H2. The molecule has 0 fully saturated rings. The molecule has 1 aromatic heterocycles. The molecular weight excluding hydrogens is 266 g/mol. The summed E-state index contributed by atoms with van der Waals surface area (Å²) in [7, 11) is 0. The third-order valence-electron chi connectivity index (χ3n) is 2.91. The second-order valence-electron chi connectivity index (χ2n) is 4.48. The lowest BCUT2D eigenvalue weighted by molar-refractivity contribution is 0.666. The van der Waals surface area contributed by atoms with Crippen molar-refractivity contribution in [2.75, 3.05) is 0 Å². The minimum absolute atomic E-state index is 0.764. The Bertz CT molecular complexity index is 650. The van der Waals surface area contributed by atoms with Gasteiger partial charge < -0.3 is 0 Å². The van der Waals surface area contributed by atoms with E-state index in [1.165, 1.54) is 11.1 Å². The molecule has 0 saturated heterocycles. The van der Waals surface area contributed by atoms with Crippen LogP contribution in [0.1, 0.15) is 11.1 Å². The molecule has 3 nitrogen and oxygen atoms in total. The van der Waals surface area contributed by atoms with Gasteiger partial charge in [0.1, 0.15) is 6.33 Å². The van der Waals surface area contributed by atoms with Crippen molar-refractivity contribution in [2.45, 2.75) is 17.5 Å². The molecule has 0 aliphatic heterocycles. The van der Waals surface area contributed by atoms with Gasteiger partial charge in [0.2, 0.25) is 5.16 Å². The first kappa shape index (κ1) is 12.9. The molecule has 1 heterocycles. The normalized spacial score (nSPS) is 10.6. The highest BCUT2D eigenvalue weighted by Gasteiger charge is 2.03. The smallest absolute Gasteiger partial charge is 0.208 e. The van der Waals surface area contributed by atoms with Crippen LogP contribution < -0.4 is 0 Å². The van der Waals surface area contributed by atoms with Gasteiger partial charge in [-0.3, -0.25) is 0 Å². The van der Waals surface area contributed by atoms with Crippen LogP contribution in [0, 0.1) is 0 Å². The van der Waals surface area contributed by atoms with Crippen LogP contribution >= 0.6 is 11.8 Å². The molecule has 20 heavy (non-hydrogen) atoms. The van der Waals surface area contributed by atoms with Crippen LogP contribution in [0.3, 0.4) is 0 Å². The fourth-order valence-electron chi connectivity index (χ4n) is 1.91. The Morgan fingerprint density at radius 3 is 2.20 bits per heavy atom. The van der Waals surface area contributed by atoms with Gasteiger partial charge in [-0.2, -0.15) is 0 Å². The number of thioether (sulfide) groups is 1. The summed E-state index contributed by atoms with van der Waals surface area (Å²) in [6, 6.07) is 20.7. The first-order chi connectivity index (χ1) is 9.90. The van der Waals surface area contributed by atoms with Crippen molar-refractivity contribution in [3.8, 4) is 0 Å². The largest absolute Gasteiger partial charge is 0.247 e. The predicted molar refractivity (Wildman–Crippen MR) is 81.6 cm³/mol. The third-order valence-corrected chi connectivity index (χ3v) is 3.84. The van der Waals surface area contributed by atoms with Crippen molar-refractivity contribution in [3.05, 3.63) is 78.1 Å². The molecule has 3 aromatic rings. The van der Waals surface area contributed by atoms with Crippen molar-refractivity contribution >= 4 is 11.8 Å². The van der Waals surface area contributed by atoms with E-state index in [2.05, 4.69) is 46.5 Å². The van der Waals surface area contributed by atoms with Crippen molar-refractivity contribution in [1.29, 1.82) is 0 Å². The van der Waals surface area contributed by atoms with Crippen molar-refractivity contribution in [3.63, 3.8) is 0 Å². The SMILES string of the molecule is c1ccc(CSc2ncn(Cc3ccccc3)n2)cc1. The van der Waals surface area contributed by atoms with Gasteiger partial charge in [-0.1, -0.05) is 72.4 Å². The lowest BCUT2D eigenvalue weighted by Gasteiger charge is -2.00. The van der Waals surface area contributed by atoms with Gasteiger partial charge in [0.15, 0.2) is 0 Å². The highest BCUT2D eigenvalue weighted by atomic mass is 32.2. The highest BCUT2D eigenvalue weighted by molar-refractivity contribution is 7.98. The second-order valence-corrected chi connectivity index (χ2v) is 5.43. The third kappa shape index (κ3) is 3.48. The van der Waals surface area contributed by atoms with Crippen LogP contribution in [0.5, 0.6) is 0 Å². The van der Waals surface area contributed by atoms with Gasteiger partial charge in [0.05, 0.1) is 6.54 Å². The molecule has 0 unspecified atom stereocenters. The Balaban J connectivity index is 1.60. The number of hydrogen-bond donors (Lipinski definition) is 0. The van der Waals surface area contributed by atoms with E-state index in [1.807, 2.05) is 28.9 Å². The van der Waals surface area contributed by atoms with E-state index in [0.717, 1.165) is 17.5 Å². The van der Waals surface area contributed by atoms with E-state index in [4.69, 9.17) is 0 Å². The van der Waals surface area contributed by atoms with E-state index >= 15 is 0 Å². The molecule has 0 atom stereocenters. The molecule has 0 bridgehead atoms. The molecule has 2 aromatic carbocycles. The molecule has 0 aliphatic carbocycles. The monoisotopic (exact) mass is 281 g/mol. The molecule has 0 spiro atoms. The summed E-state index contributed by atoms with van der Waals surface area (Å²) in [5.41, 5.74) is 2.52. The lowest BCUT2D eigenvalue weighted by Crippen LogP contribution is -1.99. The molecule has 4 heteroatoms. The minimum atomic E-state index is 0.764. The number of benzene rings is 2. The quantitative estimate of drug-likeness (QED) is 0.669. The summed E-state index contributed by atoms with van der Waals surface area (Å²) in [6.07, 6.45) is 1.79. The Hall–Kier alpha value is -2.07. The average Bonchev–Trinajstić information content (AvgIpc) is 2.95. The van der Waals surface area contributed by atoms with Crippen LogP contribution in [0.4, 0.5) is 0 Å². The summed E-state index contributed by atoms with van der Waals surface area (Å²) < 4.78 is 1.88. The maximum atomic E-state index is 4.49. The zero-order valence-electron chi connectivity index (χ0n) is 11.0. The fourth-order valence-corrected chi connectivity index (χ4v) is 2.68. The molecule has 3 rings (SSSR count). The number of hydrogen-bond acceptors (Lipinski definition) is 3. The molecule has 0 N–H and O–H groups in total. The van der Waals surface area contributed by atoms with Crippen LogP contribution in [0.15, 0.2) is 72.1 Å². The first-order valence-electron chi connectivity index (χ1n) is 6.50. The maximum absolute atomic E-state index is 4.49. The second kappa shape index (κ2) is 6.39. The molecule has 100 valence electrons. The van der Waals surface area contributed by atoms with Crippen molar-refractivity contribution in [1.82, 2.24) is 14.8 Å². The number of nitrogens with zero attached hydrogens (tertiary/aromatic N) is 3. The molecule has 0 saturated carbocycles. The molecule has 0 amide bonds. The van der Waals surface area contributed by atoms with Gasteiger partial charge in [-0.25, -0.2) is 9.67 Å². The fraction of sp³-hybridized carbons (Fsp3) is 0.125. The Morgan fingerprint density at radius 2 is 1.50 bits per heavy atom. The van der Waals surface area contributed by atoms with Crippen LogP contribution in [-0.4, -0.2) is 14.8 Å². The average molecular weight is 281 g/mol. The maximum Gasteiger partial charge on any atom is 0.208 e. The summed E-state index contributed by atoms with van der Waals surface area (Å²) in [5.74, 6) is 0.899. The highest BCUT2D eigenvalue weighted by Crippen LogP contribution is 2.18. The lowest BCUT2D eigenvalue weighted by atomic mass is 10.2. The first-order valence-corrected chi connectivity index (χ1v) is 7.49. The summed E-state index contributed by atoms with van der Waals surface area (Å²) >= 11 is 1.66. The van der Waals surface area contributed by atoms with Crippen LogP contribution in [0.2, 0.25) is 0 Å². The van der Waals surface area contributed by atoms with E-state index in [0.29, 0.717) is 0 Å². The van der Waals surface area contributed by atoms with Gasteiger partial charge in [0, 0.05) is 5.75 Å². The summed E-state index contributed by atoms with van der Waals surface area (Å²) in [4.78, 5) is 4.34. The Kier molecular flexibility index (Phi) is 4.13. The van der Waals surface area contributed by atoms with Gasteiger partial charge in [-0.15, -0.1) is 5.10 Å². The van der Waals surface area contributed by atoms with E-state index in [-0.39, 0.29) is 0 Å². The summed E-state index contributed by atoms with van der Waals surface area (Å²) in [6.45, 7) is 0.764. The van der Waals surface area contributed by atoms with Gasteiger partial charge >= 0.3 is 0 Å². The van der Waals surface area contributed by atoms with E-state index < -0.39 is 0 Å². The Morgan fingerprint density at radius 1 is 0.850 bits per heavy atom. The van der Waals surface area contributed by atoms with Crippen molar-refractivity contribution < 1.29 is 0 Å². The zero-order chi connectivity index (χ0) is 13.6. The van der Waals surface area contributed by atoms with E-state index in [9.17, 15) is 0 Å². The summed E-state index contributed by atoms with van der Waals surface area (Å²) in [5, 5.41) is 5.31. The van der Waals surface area contributed by atoms with E-state index in [1.54, 1.807) is 18.1 Å². The Labute approximate surface area is 122 Å². The molecular formula is C16H15N3S.